The topological polar surface area (TPSA) is 109 Å². The number of methoxy groups -OCH3 is 1. The highest BCUT2D eigenvalue weighted by Crippen LogP contribution is 2.29. The van der Waals surface area contributed by atoms with Gasteiger partial charge in [0, 0.05) is 5.69 Å². The number of nitrogens with one attached hydrogen (secondary N) is 1. The Morgan fingerprint density at radius 1 is 1.52 bits per heavy atom. The zero-order valence-corrected chi connectivity index (χ0v) is 13.4. The first-order valence-electron chi connectivity index (χ1n) is 6.60. The molecule has 1 N–H and O–H groups in total. The Bertz CT molecular complexity index is 799. The van der Waals surface area contributed by atoms with E-state index in [0.29, 0.717) is 0 Å². The molecule has 0 unspecified atom stereocenters. The number of alkyl halides is 2. The predicted octanol–water partition coefficient (Wildman–Crippen LogP) is 2.69. The highest BCUT2D eigenvalue weighted by molar-refractivity contribution is 6.32. The second kappa shape index (κ2) is 7.75. The molecule has 12 heteroatoms. The molecule has 0 spiro atoms. The molecule has 0 radical (unpaired) electrons. The summed E-state index contributed by atoms with van der Waals surface area (Å²) in [6.07, 6.45) is 1.05. The Labute approximate surface area is 144 Å². The van der Waals surface area contributed by atoms with Crippen LogP contribution in [0.3, 0.4) is 0 Å². The lowest BCUT2D eigenvalue weighted by Gasteiger charge is -2.09. The summed E-state index contributed by atoms with van der Waals surface area (Å²) >= 11 is 5.78. The minimum absolute atomic E-state index is 0.116. The van der Waals surface area contributed by atoms with E-state index >= 15 is 0 Å². The van der Waals surface area contributed by atoms with Crippen molar-refractivity contribution in [2.45, 2.75) is 13.2 Å². The van der Waals surface area contributed by atoms with E-state index in [1.54, 1.807) is 0 Å². The zero-order chi connectivity index (χ0) is 18.6. The Kier molecular flexibility index (Phi) is 5.70. The maximum absolute atomic E-state index is 12.2. The molecule has 0 atom stereocenters. The van der Waals surface area contributed by atoms with E-state index in [1.807, 2.05) is 0 Å². The molecule has 9 nitrogen and oxygen atoms in total. The Morgan fingerprint density at radius 2 is 2.24 bits per heavy atom. The standard InChI is InChI=1S/C13H11ClF2N4O5/c1-24-12-9(20(22)23)5-19(18-12)6-11(21)17-7-2-3-10(8(14)4-7)25-13(15)16/h2-5,13H,6H2,1H3,(H,17,21). The Morgan fingerprint density at radius 3 is 2.76 bits per heavy atom. The van der Waals surface area contributed by atoms with E-state index in [-0.39, 0.29) is 34.6 Å². The number of aromatic nitrogens is 2. The van der Waals surface area contributed by atoms with Crippen molar-refractivity contribution in [2.75, 3.05) is 12.4 Å². The van der Waals surface area contributed by atoms with Crippen LogP contribution >= 0.6 is 11.6 Å². The number of carbonyl (C=O) groups is 1. The first kappa shape index (κ1) is 18.4. The SMILES string of the molecule is COc1nn(CC(=O)Nc2ccc(OC(F)F)c(Cl)c2)cc1[N+](=O)[O-]. The third kappa shape index (κ3) is 4.76. The largest absolute Gasteiger partial charge is 0.475 e. The van der Waals surface area contributed by atoms with Crippen LogP contribution in [0.15, 0.2) is 24.4 Å². The summed E-state index contributed by atoms with van der Waals surface area (Å²) in [5, 5.41) is 16.9. The monoisotopic (exact) mass is 376 g/mol. The summed E-state index contributed by atoms with van der Waals surface area (Å²) in [6, 6.07) is 3.71. The second-order valence-corrected chi connectivity index (χ2v) is 4.96. The lowest BCUT2D eigenvalue weighted by atomic mass is 10.3. The number of ether oxygens (including phenoxy) is 2. The van der Waals surface area contributed by atoms with Crippen molar-refractivity contribution in [3.05, 3.63) is 39.5 Å². The van der Waals surface area contributed by atoms with Gasteiger partial charge in [-0.25, -0.2) is 0 Å². The molecule has 2 rings (SSSR count). The van der Waals surface area contributed by atoms with Crippen molar-refractivity contribution in [1.82, 2.24) is 9.78 Å². The molecule has 0 bridgehead atoms. The van der Waals surface area contributed by atoms with Gasteiger partial charge >= 0.3 is 18.2 Å². The molecule has 0 aliphatic rings. The molecule has 134 valence electrons. The van der Waals surface area contributed by atoms with E-state index in [9.17, 15) is 23.7 Å². The number of anilines is 1. The van der Waals surface area contributed by atoms with Gasteiger partial charge in [0.05, 0.1) is 17.1 Å². The first-order valence-corrected chi connectivity index (χ1v) is 6.98. The molecule has 0 aliphatic carbocycles. The zero-order valence-electron chi connectivity index (χ0n) is 12.6. The lowest BCUT2D eigenvalue weighted by Crippen LogP contribution is -2.19. The third-order valence-corrected chi connectivity index (χ3v) is 3.13. The van der Waals surface area contributed by atoms with Gasteiger partial charge in [-0.15, -0.1) is 5.10 Å². The van der Waals surface area contributed by atoms with Crippen molar-refractivity contribution in [1.29, 1.82) is 0 Å². The fraction of sp³-hybridized carbons (Fsp3) is 0.231. The van der Waals surface area contributed by atoms with Crippen LogP contribution in [0.25, 0.3) is 0 Å². The van der Waals surface area contributed by atoms with Crippen molar-refractivity contribution in [3.8, 4) is 11.6 Å². The number of nitrogens with zero attached hydrogens (tertiary/aromatic N) is 3. The lowest BCUT2D eigenvalue weighted by molar-refractivity contribution is -0.385. The first-order chi connectivity index (χ1) is 11.8. The summed E-state index contributed by atoms with van der Waals surface area (Å²) in [6.45, 7) is -3.36. The molecule has 1 aromatic heterocycles. The predicted molar refractivity (Wildman–Crippen MR) is 82.1 cm³/mol. The van der Waals surface area contributed by atoms with Gasteiger partial charge in [-0.05, 0) is 18.2 Å². The van der Waals surface area contributed by atoms with Crippen LogP contribution in [0.4, 0.5) is 20.2 Å². The van der Waals surface area contributed by atoms with Crippen LogP contribution in [-0.2, 0) is 11.3 Å². The summed E-state index contributed by atoms with van der Waals surface area (Å²) in [5.74, 6) is -1.03. The highest BCUT2D eigenvalue weighted by Gasteiger charge is 2.21. The van der Waals surface area contributed by atoms with Crippen LogP contribution in [0.2, 0.25) is 5.02 Å². The normalized spacial score (nSPS) is 10.6. The maximum Gasteiger partial charge on any atom is 0.387 e. The summed E-state index contributed by atoms with van der Waals surface area (Å²) in [7, 11) is 1.21. The van der Waals surface area contributed by atoms with Crippen molar-refractivity contribution in [3.63, 3.8) is 0 Å². The van der Waals surface area contributed by atoms with Crippen LogP contribution in [0.1, 0.15) is 0 Å². The molecule has 0 aliphatic heterocycles. The third-order valence-electron chi connectivity index (χ3n) is 2.84. The minimum atomic E-state index is -3.02. The number of nitro groups is 1. The number of carbonyl (C=O) groups excluding carboxylic acids is 1. The number of amides is 1. The Hall–Kier alpha value is -2.95. The number of rotatable bonds is 7. The van der Waals surface area contributed by atoms with Gasteiger partial charge in [0.25, 0.3) is 0 Å². The van der Waals surface area contributed by atoms with Gasteiger partial charge in [-0.1, -0.05) is 11.6 Å². The average molecular weight is 377 g/mol. The molecule has 0 saturated carbocycles. The summed E-state index contributed by atoms with van der Waals surface area (Å²) < 4.78 is 34.3. The molecular formula is C13H11ClF2N4O5. The molecule has 25 heavy (non-hydrogen) atoms. The number of benzene rings is 1. The van der Waals surface area contributed by atoms with Gasteiger partial charge in [0.15, 0.2) is 0 Å². The smallest absolute Gasteiger partial charge is 0.387 e. The number of hydrogen-bond acceptors (Lipinski definition) is 6. The van der Waals surface area contributed by atoms with E-state index < -0.39 is 17.4 Å². The molecule has 0 saturated heterocycles. The van der Waals surface area contributed by atoms with E-state index in [0.717, 1.165) is 10.9 Å². The van der Waals surface area contributed by atoms with Crippen molar-refractivity contribution in [2.24, 2.45) is 0 Å². The maximum atomic E-state index is 12.2. The van der Waals surface area contributed by atoms with Crippen molar-refractivity contribution < 1.29 is 28.0 Å². The van der Waals surface area contributed by atoms with Gasteiger partial charge in [0.1, 0.15) is 18.5 Å². The van der Waals surface area contributed by atoms with Crippen molar-refractivity contribution >= 4 is 28.9 Å². The van der Waals surface area contributed by atoms with Gasteiger partial charge < -0.3 is 14.8 Å². The molecule has 1 amide bonds. The van der Waals surface area contributed by atoms with Crippen LogP contribution < -0.4 is 14.8 Å². The van der Waals surface area contributed by atoms with Gasteiger partial charge in [-0.2, -0.15) is 8.78 Å². The van der Waals surface area contributed by atoms with Gasteiger partial charge in [-0.3, -0.25) is 19.6 Å². The van der Waals surface area contributed by atoms with E-state index in [4.69, 9.17) is 16.3 Å². The van der Waals surface area contributed by atoms with Crippen LogP contribution in [0, 0.1) is 10.1 Å². The average Bonchev–Trinajstić information content (AvgIpc) is 2.92. The van der Waals surface area contributed by atoms with Crippen LogP contribution in [0.5, 0.6) is 11.6 Å². The molecular weight excluding hydrogens is 366 g/mol. The number of hydrogen-bond donors (Lipinski definition) is 1. The van der Waals surface area contributed by atoms with Gasteiger partial charge in [0.2, 0.25) is 5.91 Å². The Balaban J connectivity index is 2.05. The molecule has 0 fully saturated rings. The fourth-order valence-corrected chi connectivity index (χ4v) is 2.09. The number of halogens is 3. The second-order valence-electron chi connectivity index (χ2n) is 4.55. The van der Waals surface area contributed by atoms with E-state index in [1.165, 1.54) is 25.3 Å². The van der Waals surface area contributed by atoms with Crippen LogP contribution in [-0.4, -0.2) is 34.3 Å². The molecule has 1 heterocycles. The summed E-state index contributed by atoms with van der Waals surface area (Å²) in [4.78, 5) is 22.1. The molecule has 2 aromatic rings. The molecule has 1 aromatic carbocycles. The summed E-state index contributed by atoms with van der Waals surface area (Å²) in [5.41, 5.74) is -0.155. The minimum Gasteiger partial charge on any atom is -0.475 e. The fourth-order valence-electron chi connectivity index (χ4n) is 1.86. The van der Waals surface area contributed by atoms with E-state index in [2.05, 4.69) is 15.2 Å². The highest BCUT2D eigenvalue weighted by atomic mass is 35.5. The quantitative estimate of drug-likeness (QED) is 0.588.